The number of urea groups is 1. The van der Waals surface area contributed by atoms with E-state index in [1.165, 1.54) is 29.2 Å². The number of hydrogen-bond donors (Lipinski definition) is 1. The van der Waals surface area contributed by atoms with Crippen LogP contribution in [-0.4, -0.2) is 41.4 Å². The van der Waals surface area contributed by atoms with Crippen LogP contribution in [0.4, 0.5) is 14.9 Å². The zero-order valence-electron chi connectivity index (χ0n) is 15.1. The minimum absolute atomic E-state index is 0.307. The summed E-state index contributed by atoms with van der Waals surface area (Å²) in [5, 5.41) is 2.82. The molecule has 1 aliphatic carbocycles. The summed E-state index contributed by atoms with van der Waals surface area (Å²) >= 11 is 0. The number of nitrogens with one attached hydrogen (secondary N) is 1. The standard InChI is InChI=1S/C19H24FN3O3/c1-3-22(15-6-4-14(20)5-7-15)16(24)12-23-17(25)19(21-18(23)26)10-8-13(2)9-11-19/h4-7,13H,3,8-12H2,1-2H3,(H,21,26). The molecule has 1 N–H and O–H groups in total. The van der Waals surface area contributed by atoms with E-state index in [1.807, 2.05) is 0 Å². The second-order valence-electron chi connectivity index (χ2n) is 7.20. The number of benzene rings is 1. The van der Waals surface area contributed by atoms with Gasteiger partial charge in [0.1, 0.15) is 17.9 Å². The van der Waals surface area contributed by atoms with Gasteiger partial charge in [-0.25, -0.2) is 9.18 Å². The van der Waals surface area contributed by atoms with Crippen molar-refractivity contribution < 1.29 is 18.8 Å². The average Bonchev–Trinajstić information content (AvgIpc) is 2.84. The first-order valence-electron chi connectivity index (χ1n) is 9.06. The molecule has 2 fully saturated rings. The Bertz CT molecular complexity index is 711. The first-order chi connectivity index (χ1) is 12.4. The van der Waals surface area contributed by atoms with Crippen LogP contribution in [0.25, 0.3) is 0 Å². The predicted molar refractivity (Wildman–Crippen MR) is 95.0 cm³/mol. The Kier molecular flexibility index (Phi) is 4.98. The topological polar surface area (TPSA) is 69.7 Å². The molecule has 1 aromatic carbocycles. The molecule has 0 unspecified atom stereocenters. The molecule has 4 amide bonds. The number of anilines is 1. The largest absolute Gasteiger partial charge is 0.325 e. The molecule has 1 aromatic rings. The van der Waals surface area contributed by atoms with Crippen LogP contribution < -0.4 is 10.2 Å². The monoisotopic (exact) mass is 361 g/mol. The van der Waals surface area contributed by atoms with Gasteiger partial charge >= 0.3 is 6.03 Å². The number of halogens is 1. The smallest absolute Gasteiger partial charge is 0.323 e. The lowest BCUT2D eigenvalue weighted by Crippen LogP contribution is -2.50. The summed E-state index contributed by atoms with van der Waals surface area (Å²) in [6.07, 6.45) is 2.98. The first-order valence-corrected chi connectivity index (χ1v) is 9.06. The number of imide groups is 1. The third-order valence-corrected chi connectivity index (χ3v) is 5.42. The molecule has 0 aromatic heterocycles. The summed E-state index contributed by atoms with van der Waals surface area (Å²) in [4.78, 5) is 40.3. The summed E-state index contributed by atoms with van der Waals surface area (Å²) in [5.74, 6) is -0.531. The zero-order chi connectivity index (χ0) is 18.9. The van der Waals surface area contributed by atoms with Crippen LogP contribution in [0.15, 0.2) is 24.3 Å². The number of nitrogens with zero attached hydrogens (tertiary/aromatic N) is 2. The molecular weight excluding hydrogens is 337 g/mol. The van der Waals surface area contributed by atoms with E-state index in [-0.39, 0.29) is 24.2 Å². The Morgan fingerprint density at radius 3 is 2.46 bits per heavy atom. The van der Waals surface area contributed by atoms with Gasteiger partial charge in [-0.05, 0) is 62.8 Å². The third kappa shape index (κ3) is 3.30. The van der Waals surface area contributed by atoms with E-state index in [4.69, 9.17) is 0 Å². The van der Waals surface area contributed by atoms with Gasteiger partial charge in [0.2, 0.25) is 5.91 Å². The number of rotatable bonds is 4. The summed E-state index contributed by atoms with van der Waals surface area (Å²) in [6, 6.07) is 5.06. The zero-order valence-corrected chi connectivity index (χ0v) is 15.1. The fraction of sp³-hybridized carbons (Fsp3) is 0.526. The molecule has 1 aliphatic heterocycles. The molecule has 0 radical (unpaired) electrons. The Hall–Kier alpha value is -2.44. The molecule has 1 saturated carbocycles. The minimum Gasteiger partial charge on any atom is -0.323 e. The van der Waals surface area contributed by atoms with Gasteiger partial charge in [-0.15, -0.1) is 0 Å². The molecule has 1 saturated heterocycles. The highest BCUT2D eigenvalue weighted by Gasteiger charge is 2.52. The van der Waals surface area contributed by atoms with Gasteiger partial charge in [0.25, 0.3) is 5.91 Å². The molecule has 1 spiro atoms. The van der Waals surface area contributed by atoms with Crippen molar-refractivity contribution in [2.24, 2.45) is 5.92 Å². The van der Waals surface area contributed by atoms with E-state index >= 15 is 0 Å². The Balaban J connectivity index is 1.73. The maximum atomic E-state index is 13.1. The summed E-state index contributed by atoms with van der Waals surface area (Å²) in [5.41, 5.74) is -0.316. The number of amides is 4. The van der Waals surface area contributed by atoms with Crippen LogP contribution in [-0.2, 0) is 9.59 Å². The summed E-state index contributed by atoms with van der Waals surface area (Å²) in [6.45, 7) is 3.97. The van der Waals surface area contributed by atoms with Crippen molar-refractivity contribution >= 4 is 23.5 Å². The molecule has 26 heavy (non-hydrogen) atoms. The van der Waals surface area contributed by atoms with Gasteiger partial charge in [-0.1, -0.05) is 6.92 Å². The van der Waals surface area contributed by atoms with Crippen LogP contribution in [0, 0.1) is 11.7 Å². The number of carbonyl (C=O) groups excluding carboxylic acids is 3. The van der Waals surface area contributed by atoms with Gasteiger partial charge in [-0.3, -0.25) is 14.5 Å². The van der Waals surface area contributed by atoms with E-state index in [0.717, 1.165) is 17.7 Å². The Morgan fingerprint density at radius 2 is 1.88 bits per heavy atom. The van der Waals surface area contributed by atoms with E-state index in [0.29, 0.717) is 31.0 Å². The van der Waals surface area contributed by atoms with Gasteiger partial charge in [0.05, 0.1) is 0 Å². The molecule has 3 rings (SSSR count). The van der Waals surface area contributed by atoms with Crippen LogP contribution in [0.3, 0.4) is 0 Å². The second-order valence-corrected chi connectivity index (χ2v) is 7.20. The molecule has 7 heteroatoms. The maximum absolute atomic E-state index is 13.1. The quantitative estimate of drug-likeness (QED) is 0.839. The van der Waals surface area contributed by atoms with Crippen molar-refractivity contribution in [3.8, 4) is 0 Å². The minimum atomic E-state index is -0.850. The normalized spacial score (nSPS) is 25.5. The van der Waals surface area contributed by atoms with Gasteiger partial charge in [-0.2, -0.15) is 0 Å². The molecular formula is C19H24FN3O3. The van der Waals surface area contributed by atoms with Crippen molar-refractivity contribution in [2.75, 3.05) is 18.0 Å². The number of carbonyl (C=O) groups is 3. The average molecular weight is 361 g/mol. The van der Waals surface area contributed by atoms with Crippen molar-refractivity contribution in [3.05, 3.63) is 30.1 Å². The van der Waals surface area contributed by atoms with Crippen LogP contribution in [0.1, 0.15) is 39.5 Å². The second kappa shape index (κ2) is 7.05. The summed E-state index contributed by atoms with van der Waals surface area (Å²) in [7, 11) is 0. The van der Waals surface area contributed by atoms with Gasteiger partial charge in [0, 0.05) is 12.2 Å². The SMILES string of the molecule is CCN(C(=O)CN1C(=O)NC2(CCC(C)CC2)C1=O)c1ccc(F)cc1. The van der Waals surface area contributed by atoms with E-state index < -0.39 is 11.6 Å². The van der Waals surface area contributed by atoms with E-state index in [9.17, 15) is 18.8 Å². The fourth-order valence-corrected chi connectivity index (χ4v) is 3.76. The molecule has 6 nitrogen and oxygen atoms in total. The highest BCUT2D eigenvalue weighted by atomic mass is 19.1. The predicted octanol–water partition coefficient (Wildman–Crippen LogP) is 2.68. The van der Waals surface area contributed by atoms with Crippen molar-refractivity contribution in [2.45, 2.75) is 45.1 Å². The molecule has 0 atom stereocenters. The Labute approximate surface area is 152 Å². The van der Waals surface area contributed by atoms with Crippen molar-refractivity contribution in [3.63, 3.8) is 0 Å². The molecule has 140 valence electrons. The lowest BCUT2D eigenvalue weighted by Gasteiger charge is -2.33. The van der Waals surface area contributed by atoms with E-state index in [1.54, 1.807) is 6.92 Å². The lowest BCUT2D eigenvalue weighted by molar-refractivity contribution is -0.135. The van der Waals surface area contributed by atoms with Crippen LogP contribution in [0.5, 0.6) is 0 Å². The number of likely N-dealkylation sites (N-methyl/N-ethyl adjacent to an activating group) is 1. The fourth-order valence-electron chi connectivity index (χ4n) is 3.76. The van der Waals surface area contributed by atoms with E-state index in [2.05, 4.69) is 12.2 Å². The van der Waals surface area contributed by atoms with Gasteiger partial charge < -0.3 is 10.2 Å². The maximum Gasteiger partial charge on any atom is 0.325 e. The molecule has 1 heterocycles. The molecule has 0 bridgehead atoms. The Morgan fingerprint density at radius 1 is 1.27 bits per heavy atom. The highest BCUT2D eigenvalue weighted by Crippen LogP contribution is 2.36. The number of hydrogen-bond acceptors (Lipinski definition) is 3. The molecule has 2 aliphatic rings. The van der Waals surface area contributed by atoms with Crippen molar-refractivity contribution in [1.29, 1.82) is 0 Å². The third-order valence-electron chi connectivity index (χ3n) is 5.42. The van der Waals surface area contributed by atoms with Crippen LogP contribution >= 0.6 is 0 Å². The highest BCUT2D eigenvalue weighted by molar-refractivity contribution is 6.10. The summed E-state index contributed by atoms with van der Waals surface area (Å²) < 4.78 is 13.1. The van der Waals surface area contributed by atoms with Gasteiger partial charge in [0.15, 0.2) is 0 Å². The lowest BCUT2D eigenvalue weighted by atomic mass is 9.77. The van der Waals surface area contributed by atoms with Crippen molar-refractivity contribution in [1.82, 2.24) is 10.2 Å². The first kappa shape index (κ1) is 18.4. The van der Waals surface area contributed by atoms with Crippen LogP contribution in [0.2, 0.25) is 0 Å².